The molecule has 166 valence electrons. The summed E-state index contributed by atoms with van der Waals surface area (Å²) in [6, 6.07) is 11.8. The van der Waals surface area contributed by atoms with Gasteiger partial charge in [0.05, 0.1) is 27.5 Å². The minimum Gasteiger partial charge on any atom is -0.478 e. The van der Waals surface area contributed by atoms with E-state index in [4.69, 9.17) is 12.2 Å². The van der Waals surface area contributed by atoms with Crippen LogP contribution in [0, 0.1) is 5.82 Å². The van der Waals surface area contributed by atoms with Crippen LogP contribution in [0.2, 0.25) is 0 Å². The van der Waals surface area contributed by atoms with Gasteiger partial charge in [0.15, 0.2) is 9.45 Å². The number of carbonyl (C=O) groups excluding carboxylic acids is 2. The lowest BCUT2D eigenvalue weighted by atomic mass is 10.2. The standard InChI is InChI=1S/C22H14FN3O4S3/c1-12(27)25(17-8-3-2-7-16(17)23)21-24-14(11-32-21)10-18-19(28)26(22(31)33-18)15-6-4-5-13(9-15)20(29)30/h2-11H,1H3,(H,29,30)/b18-10-. The van der Waals surface area contributed by atoms with E-state index in [0.29, 0.717) is 11.4 Å². The number of carboxylic acid groups (broad SMARTS) is 1. The molecule has 1 saturated heterocycles. The van der Waals surface area contributed by atoms with Gasteiger partial charge in [-0.25, -0.2) is 14.2 Å². The van der Waals surface area contributed by atoms with Gasteiger partial charge in [0.25, 0.3) is 5.91 Å². The van der Waals surface area contributed by atoms with Crippen molar-refractivity contribution in [1.29, 1.82) is 0 Å². The molecule has 1 aliphatic heterocycles. The molecule has 0 saturated carbocycles. The molecule has 4 rings (SSSR count). The van der Waals surface area contributed by atoms with E-state index < -0.39 is 23.6 Å². The lowest BCUT2D eigenvalue weighted by Gasteiger charge is -2.18. The lowest BCUT2D eigenvalue weighted by Crippen LogP contribution is -2.27. The fourth-order valence-corrected chi connectivity index (χ4v) is 5.21. The first-order valence-electron chi connectivity index (χ1n) is 9.38. The number of rotatable bonds is 5. The third kappa shape index (κ3) is 4.56. The Morgan fingerprint density at radius 2 is 1.97 bits per heavy atom. The number of aromatic nitrogens is 1. The topological polar surface area (TPSA) is 90.8 Å². The first-order valence-corrected chi connectivity index (χ1v) is 11.5. The SMILES string of the molecule is CC(=O)N(c1nc(/C=C2\SC(=S)N(c3cccc(C(=O)O)c3)C2=O)cs1)c1ccccc1F. The fraction of sp³-hybridized carbons (Fsp3) is 0.0455. The van der Waals surface area contributed by atoms with E-state index in [2.05, 4.69) is 4.98 Å². The van der Waals surface area contributed by atoms with E-state index >= 15 is 0 Å². The Labute approximate surface area is 201 Å². The Morgan fingerprint density at radius 1 is 1.21 bits per heavy atom. The molecule has 33 heavy (non-hydrogen) atoms. The zero-order valence-corrected chi connectivity index (χ0v) is 19.3. The summed E-state index contributed by atoms with van der Waals surface area (Å²) in [5.41, 5.74) is 0.863. The predicted octanol–water partition coefficient (Wildman–Crippen LogP) is 5.07. The third-order valence-corrected chi connectivity index (χ3v) is 6.68. The van der Waals surface area contributed by atoms with Crippen molar-refractivity contribution in [3.8, 4) is 0 Å². The number of para-hydroxylation sites is 1. The molecule has 1 aromatic heterocycles. The number of thiazole rings is 1. The number of amides is 2. The van der Waals surface area contributed by atoms with Crippen molar-refractivity contribution in [3.63, 3.8) is 0 Å². The molecule has 1 aliphatic rings. The molecule has 1 N–H and O–H groups in total. The third-order valence-electron chi connectivity index (χ3n) is 4.53. The zero-order chi connectivity index (χ0) is 23.7. The van der Waals surface area contributed by atoms with E-state index in [-0.39, 0.29) is 25.6 Å². The summed E-state index contributed by atoms with van der Waals surface area (Å²) < 4.78 is 14.5. The molecule has 0 radical (unpaired) electrons. The van der Waals surface area contributed by atoms with Crippen molar-refractivity contribution < 1.29 is 23.9 Å². The van der Waals surface area contributed by atoms with Crippen LogP contribution in [-0.2, 0) is 9.59 Å². The van der Waals surface area contributed by atoms with Gasteiger partial charge in [0, 0.05) is 12.3 Å². The van der Waals surface area contributed by atoms with Crippen molar-refractivity contribution in [3.05, 3.63) is 75.9 Å². The van der Waals surface area contributed by atoms with E-state index in [0.717, 1.165) is 23.1 Å². The summed E-state index contributed by atoms with van der Waals surface area (Å²) in [4.78, 5) is 43.5. The largest absolute Gasteiger partial charge is 0.478 e. The summed E-state index contributed by atoms with van der Waals surface area (Å²) in [6.45, 7) is 1.31. The number of thioether (sulfide) groups is 1. The molecule has 0 atom stereocenters. The number of nitrogens with zero attached hydrogens (tertiary/aromatic N) is 3. The molecule has 7 nitrogen and oxygen atoms in total. The number of halogens is 1. The molecule has 0 spiro atoms. The number of aromatic carboxylic acids is 1. The van der Waals surface area contributed by atoms with E-state index in [9.17, 15) is 23.9 Å². The number of hydrogen-bond donors (Lipinski definition) is 1. The smallest absolute Gasteiger partial charge is 0.335 e. The maximum atomic E-state index is 14.3. The number of hydrogen-bond acceptors (Lipinski definition) is 7. The molecular weight excluding hydrogens is 485 g/mol. The van der Waals surface area contributed by atoms with Crippen LogP contribution >= 0.6 is 35.3 Å². The normalized spacial score (nSPS) is 14.7. The van der Waals surface area contributed by atoms with Gasteiger partial charge >= 0.3 is 5.97 Å². The van der Waals surface area contributed by atoms with Crippen molar-refractivity contribution in [1.82, 2.24) is 4.98 Å². The van der Waals surface area contributed by atoms with Crippen molar-refractivity contribution in [2.75, 3.05) is 9.80 Å². The number of thiocarbonyl (C=S) groups is 1. The molecule has 1 fully saturated rings. The summed E-state index contributed by atoms with van der Waals surface area (Å²) in [5, 5.41) is 11.1. The molecule has 3 aromatic rings. The van der Waals surface area contributed by atoms with Crippen LogP contribution in [0.3, 0.4) is 0 Å². The van der Waals surface area contributed by atoms with Gasteiger partial charge in [-0.1, -0.05) is 42.2 Å². The van der Waals surface area contributed by atoms with Crippen LogP contribution in [0.4, 0.5) is 20.9 Å². The molecule has 2 aromatic carbocycles. The highest BCUT2D eigenvalue weighted by molar-refractivity contribution is 8.27. The molecular formula is C22H14FN3O4S3. The predicted molar refractivity (Wildman–Crippen MR) is 130 cm³/mol. The van der Waals surface area contributed by atoms with Crippen LogP contribution in [0.15, 0.2) is 58.8 Å². The van der Waals surface area contributed by atoms with Crippen LogP contribution in [0.5, 0.6) is 0 Å². The Kier molecular flexibility index (Phi) is 6.36. The Balaban J connectivity index is 1.63. The molecule has 0 unspecified atom stereocenters. The minimum absolute atomic E-state index is 0.0344. The van der Waals surface area contributed by atoms with Crippen LogP contribution in [-0.4, -0.2) is 32.2 Å². The Hall–Kier alpha value is -3.41. The van der Waals surface area contributed by atoms with Crippen molar-refractivity contribution in [2.24, 2.45) is 0 Å². The molecule has 11 heteroatoms. The summed E-state index contributed by atoms with van der Waals surface area (Å²) in [6.07, 6.45) is 1.53. The van der Waals surface area contributed by atoms with Gasteiger partial charge in [0.1, 0.15) is 5.82 Å². The number of carbonyl (C=O) groups is 3. The lowest BCUT2D eigenvalue weighted by molar-refractivity contribution is -0.116. The minimum atomic E-state index is -1.11. The summed E-state index contributed by atoms with van der Waals surface area (Å²) in [5.74, 6) is -2.50. The fourth-order valence-electron chi connectivity index (χ4n) is 3.09. The van der Waals surface area contributed by atoms with Gasteiger partial charge < -0.3 is 5.11 Å². The average molecular weight is 500 g/mol. The summed E-state index contributed by atoms with van der Waals surface area (Å²) in [7, 11) is 0. The van der Waals surface area contributed by atoms with E-state index in [1.807, 2.05) is 0 Å². The highest BCUT2D eigenvalue weighted by Gasteiger charge is 2.34. The number of anilines is 3. The van der Waals surface area contributed by atoms with Crippen LogP contribution in [0.1, 0.15) is 23.0 Å². The van der Waals surface area contributed by atoms with Gasteiger partial charge in [0.2, 0.25) is 5.91 Å². The second-order valence-corrected chi connectivity index (χ2v) is 9.25. The van der Waals surface area contributed by atoms with Gasteiger partial charge in [-0.05, 0) is 36.4 Å². The quantitative estimate of drug-likeness (QED) is 0.387. The second kappa shape index (κ2) is 9.22. The number of benzene rings is 2. The highest BCUT2D eigenvalue weighted by atomic mass is 32.2. The van der Waals surface area contributed by atoms with E-state index in [1.165, 1.54) is 59.2 Å². The van der Waals surface area contributed by atoms with Crippen molar-refractivity contribution in [2.45, 2.75) is 6.92 Å². The van der Waals surface area contributed by atoms with Crippen LogP contribution < -0.4 is 9.80 Å². The van der Waals surface area contributed by atoms with Gasteiger partial charge in [-0.2, -0.15) is 0 Å². The second-order valence-electron chi connectivity index (χ2n) is 6.73. The van der Waals surface area contributed by atoms with Crippen LogP contribution in [0.25, 0.3) is 6.08 Å². The first kappa shape index (κ1) is 22.8. The van der Waals surface area contributed by atoms with Gasteiger partial charge in [-0.15, -0.1) is 11.3 Å². The highest BCUT2D eigenvalue weighted by Crippen LogP contribution is 2.37. The maximum Gasteiger partial charge on any atom is 0.335 e. The number of carboxylic acids is 1. The monoisotopic (exact) mass is 499 g/mol. The van der Waals surface area contributed by atoms with E-state index in [1.54, 1.807) is 17.5 Å². The Bertz CT molecular complexity index is 1340. The van der Waals surface area contributed by atoms with Crippen molar-refractivity contribution >= 4 is 80.0 Å². The zero-order valence-electron chi connectivity index (χ0n) is 16.9. The molecule has 0 bridgehead atoms. The first-order chi connectivity index (χ1) is 15.8. The average Bonchev–Trinajstić information content (AvgIpc) is 3.33. The summed E-state index contributed by atoms with van der Waals surface area (Å²) >= 11 is 7.51. The molecule has 2 heterocycles. The molecule has 2 amide bonds. The van der Waals surface area contributed by atoms with Gasteiger partial charge in [-0.3, -0.25) is 19.4 Å². The maximum absolute atomic E-state index is 14.3. The molecule has 0 aliphatic carbocycles. The Morgan fingerprint density at radius 3 is 2.67 bits per heavy atom.